The van der Waals surface area contributed by atoms with E-state index in [0.717, 1.165) is 29.5 Å². The van der Waals surface area contributed by atoms with E-state index in [1.165, 1.54) is 0 Å². The molecule has 1 atom stereocenters. The van der Waals surface area contributed by atoms with Gasteiger partial charge in [0, 0.05) is 25.4 Å². The zero-order chi connectivity index (χ0) is 22.4. The van der Waals surface area contributed by atoms with Gasteiger partial charge >= 0.3 is 0 Å². The molecular formula is C23H29N3O4S. The fourth-order valence-corrected chi connectivity index (χ4v) is 4.23. The summed E-state index contributed by atoms with van der Waals surface area (Å²) in [6.07, 6.45) is 2.22. The lowest BCUT2D eigenvalue weighted by atomic mass is 10.0. The Morgan fingerprint density at radius 3 is 2.39 bits per heavy atom. The second kappa shape index (κ2) is 10.1. The summed E-state index contributed by atoms with van der Waals surface area (Å²) >= 11 is 0. The van der Waals surface area contributed by atoms with E-state index in [2.05, 4.69) is 15.4 Å². The van der Waals surface area contributed by atoms with Crippen molar-refractivity contribution in [1.82, 2.24) is 15.4 Å². The van der Waals surface area contributed by atoms with Crippen LogP contribution >= 0.6 is 0 Å². The lowest BCUT2D eigenvalue weighted by molar-refractivity contribution is -0.129. The standard InChI is InChI=1S/C23H29N3O4S/c1-16-8-11-20(14-17(16)2)31(29,30)24-13-12-22(27)26-21(23(28)25-19-9-10-19)15-18-6-4-3-5-7-18/h3-8,11,14,19,21,24H,9-10,12-13,15H2,1-2H3,(H,25,28)(H,26,27). The van der Waals surface area contributed by atoms with Crippen LogP contribution in [0.4, 0.5) is 0 Å². The highest BCUT2D eigenvalue weighted by molar-refractivity contribution is 7.89. The molecule has 0 radical (unpaired) electrons. The molecule has 31 heavy (non-hydrogen) atoms. The first-order chi connectivity index (χ1) is 14.7. The van der Waals surface area contributed by atoms with Crippen LogP contribution in [-0.4, -0.2) is 38.9 Å². The molecule has 0 aromatic heterocycles. The molecule has 1 saturated carbocycles. The Labute approximate surface area is 183 Å². The number of rotatable bonds is 10. The summed E-state index contributed by atoms with van der Waals surface area (Å²) in [5.74, 6) is -0.593. The molecule has 1 fully saturated rings. The number of amides is 2. The molecule has 0 aliphatic heterocycles. The molecule has 1 aliphatic carbocycles. The van der Waals surface area contributed by atoms with Gasteiger partial charge in [-0.1, -0.05) is 36.4 Å². The van der Waals surface area contributed by atoms with Gasteiger partial charge in [0.15, 0.2) is 0 Å². The average Bonchev–Trinajstić information content (AvgIpc) is 3.54. The van der Waals surface area contributed by atoms with Crippen molar-refractivity contribution in [3.8, 4) is 0 Å². The highest BCUT2D eigenvalue weighted by Gasteiger charge is 2.28. The first kappa shape index (κ1) is 23.0. The lowest BCUT2D eigenvalue weighted by Crippen LogP contribution is -2.49. The van der Waals surface area contributed by atoms with Crippen LogP contribution in [0.1, 0.15) is 36.0 Å². The Bertz CT molecular complexity index is 1030. The van der Waals surface area contributed by atoms with Crippen molar-refractivity contribution in [2.24, 2.45) is 0 Å². The highest BCUT2D eigenvalue weighted by atomic mass is 32.2. The third kappa shape index (κ3) is 6.90. The Kier molecular flexibility index (Phi) is 7.46. The molecule has 1 unspecified atom stereocenters. The van der Waals surface area contributed by atoms with Gasteiger partial charge in [0.1, 0.15) is 6.04 Å². The molecule has 0 spiro atoms. The minimum absolute atomic E-state index is 0.0522. The molecule has 3 rings (SSSR count). The van der Waals surface area contributed by atoms with E-state index >= 15 is 0 Å². The van der Waals surface area contributed by atoms with Crippen LogP contribution in [0.3, 0.4) is 0 Å². The van der Waals surface area contributed by atoms with Crippen molar-refractivity contribution in [1.29, 1.82) is 0 Å². The Morgan fingerprint density at radius 2 is 1.74 bits per heavy atom. The molecular weight excluding hydrogens is 414 g/mol. The van der Waals surface area contributed by atoms with Gasteiger partial charge in [0.2, 0.25) is 21.8 Å². The molecule has 2 aromatic carbocycles. The third-order valence-electron chi connectivity index (χ3n) is 5.29. The summed E-state index contributed by atoms with van der Waals surface area (Å²) in [7, 11) is -3.71. The maximum absolute atomic E-state index is 12.6. The number of sulfonamides is 1. The quantitative estimate of drug-likeness (QED) is 0.522. The summed E-state index contributed by atoms with van der Waals surface area (Å²) in [6, 6.07) is 13.9. The van der Waals surface area contributed by atoms with Gasteiger partial charge in [-0.15, -0.1) is 0 Å². The second-order valence-corrected chi connectivity index (χ2v) is 9.75. The number of benzene rings is 2. The van der Waals surface area contributed by atoms with Crippen LogP contribution in [-0.2, 0) is 26.0 Å². The maximum atomic E-state index is 12.6. The summed E-state index contributed by atoms with van der Waals surface area (Å²) in [4.78, 5) is 25.2. The van der Waals surface area contributed by atoms with Crippen LogP contribution in [0.15, 0.2) is 53.4 Å². The Morgan fingerprint density at radius 1 is 1.03 bits per heavy atom. The summed E-state index contributed by atoms with van der Waals surface area (Å²) in [6.45, 7) is 3.71. The van der Waals surface area contributed by atoms with Gasteiger partial charge < -0.3 is 10.6 Å². The SMILES string of the molecule is Cc1ccc(S(=O)(=O)NCCC(=O)NC(Cc2ccccc2)C(=O)NC2CC2)cc1C. The molecule has 166 valence electrons. The fraction of sp³-hybridized carbons (Fsp3) is 0.391. The van der Waals surface area contributed by atoms with E-state index in [9.17, 15) is 18.0 Å². The molecule has 8 heteroatoms. The van der Waals surface area contributed by atoms with Crippen molar-refractivity contribution in [2.75, 3.05) is 6.54 Å². The van der Waals surface area contributed by atoms with Crippen molar-refractivity contribution in [2.45, 2.75) is 56.5 Å². The third-order valence-corrected chi connectivity index (χ3v) is 6.75. The van der Waals surface area contributed by atoms with Crippen LogP contribution < -0.4 is 15.4 Å². The Hall–Kier alpha value is -2.71. The average molecular weight is 444 g/mol. The Balaban J connectivity index is 1.55. The van der Waals surface area contributed by atoms with Gasteiger partial charge in [-0.2, -0.15) is 0 Å². The highest BCUT2D eigenvalue weighted by Crippen LogP contribution is 2.19. The number of hydrogen-bond acceptors (Lipinski definition) is 4. The minimum Gasteiger partial charge on any atom is -0.352 e. The number of carbonyl (C=O) groups is 2. The smallest absolute Gasteiger partial charge is 0.243 e. The van der Waals surface area contributed by atoms with E-state index in [4.69, 9.17) is 0 Å². The second-order valence-electron chi connectivity index (χ2n) is 7.99. The lowest BCUT2D eigenvalue weighted by Gasteiger charge is -2.19. The normalized spacial score (nSPS) is 14.6. The van der Waals surface area contributed by atoms with Crippen LogP contribution in [0.2, 0.25) is 0 Å². The summed E-state index contributed by atoms with van der Waals surface area (Å²) in [5, 5.41) is 5.68. The van der Waals surface area contributed by atoms with E-state index < -0.39 is 16.1 Å². The van der Waals surface area contributed by atoms with Gasteiger partial charge in [-0.25, -0.2) is 13.1 Å². The largest absolute Gasteiger partial charge is 0.352 e. The molecule has 0 saturated heterocycles. The molecule has 2 aromatic rings. The van der Waals surface area contributed by atoms with Gasteiger partial charge in [0.25, 0.3) is 0 Å². The van der Waals surface area contributed by atoms with E-state index in [1.807, 2.05) is 44.2 Å². The van der Waals surface area contributed by atoms with Crippen molar-refractivity contribution >= 4 is 21.8 Å². The molecule has 7 nitrogen and oxygen atoms in total. The summed E-state index contributed by atoms with van der Waals surface area (Å²) in [5.41, 5.74) is 2.83. The van der Waals surface area contributed by atoms with Crippen LogP contribution in [0, 0.1) is 13.8 Å². The van der Waals surface area contributed by atoms with Gasteiger partial charge in [-0.3, -0.25) is 9.59 Å². The fourth-order valence-electron chi connectivity index (χ4n) is 3.12. The number of aryl methyl sites for hydroxylation is 2. The predicted molar refractivity (Wildman–Crippen MR) is 119 cm³/mol. The van der Waals surface area contributed by atoms with Crippen molar-refractivity contribution < 1.29 is 18.0 Å². The molecule has 0 heterocycles. The number of carbonyl (C=O) groups excluding carboxylic acids is 2. The van der Waals surface area contributed by atoms with E-state index in [1.54, 1.807) is 18.2 Å². The van der Waals surface area contributed by atoms with E-state index in [0.29, 0.717) is 6.42 Å². The topological polar surface area (TPSA) is 104 Å². The monoisotopic (exact) mass is 443 g/mol. The number of nitrogens with one attached hydrogen (secondary N) is 3. The zero-order valence-corrected chi connectivity index (χ0v) is 18.7. The van der Waals surface area contributed by atoms with Gasteiger partial charge in [0.05, 0.1) is 4.90 Å². The first-order valence-electron chi connectivity index (χ1n) is 10.4. The first-order valence-corrected chi connectivity index (χ1v) is 11.9. The maximum Gasteiger partial charge on any atom is 0.243 e. The summed E-state index contributed by atoms with van der Waals surface area (Å²) < 4.78 is 27.4. The van der Waals surface area contributed by atoms with Crippen LogP contribution in [0.25, 0.3) is 0 Å². The molecule has 1 aliphatic rings. The van der Waals surface area contributed by atoms with E-state index in [-0.39, 0.29) is 35.7 Å². The van der Waals surface area contributed by atoms with Crippen LogP contribution in [0.5, 0.6) is 0 Å². The molecule has 0 bridgehead atoms. The number of hydrogen-bond donors (Lipinski definition) is 3. The minimum atomic E-state index is -3.71. The molecule has 2 amide bonds. The zero-order valence-electron chi connectivity index (χ0n) is 17.9. The predicted octanol–water partition coefficient (Wildman–Crippen LogP) is 1.98. The van der Waals surface area contributed by atoms with Gasteiger partial charge in [-0.05, 0) is 55.5 Å². The molecule has 3 N–H and O–H groups in total. The van der Waals surface area contributed by atoms with Crippen molar-refractivity contribution in [3.63, 3.8) is 0 Å². The van der Waals surface area contributed by atoms with Crippen molar-refractivity contribution in [3.05, 3.63) is 65.2 Å².